The zero-order chi connectivity index (χ0) is 10.3. The van der Waals surface area contributed by atoms with Gasteiger partial charge in [0.1, 0.15) is 0 Å². The molecule has 2 rings (SSSR count). The lowest BCUT2D eigenvalue weighted by molar-refractivity contribution is 0.599. The van der Waals surface area contributed by atoms with Gasteiger partial charge in [-0.05, 0) is 24.9 Å². The van der Waals surface area contributed by atoms with Crippen molar-refractivity contribution in [1.82, 2.24) is 5.32 Å². The van der Waals surface area contributed by atoms with Crippen LogP contribution in [0.25, 0.3) is 6.08 Å². The van der Waals surface area contributed by atoms with Crippen molar-refractivity contribution in [3.8, 4) is 0 Å². The standard InChI is InChI=1S/C14H19N/c1-3-7-13(8-4-1)10-11-14-9-5-2-6-12-15-14/h1,3-4,7-8,10-11,14-15H,2,5-6,9,12H2/b11-10+/t14-/m0/s1. The van der Waals surface area contributed by atoms with Crippen LogP contribution in [-0.4, -0.2) is 12.6 Å². The molecule has 0 spiro atoms. The molecular formula is C14H19N. The van der Waals surface area contributed by atoms with Crippen molar-refractivity contribution in [2.75, 3.05) is 6.54 Å². The van der Waals surface area contributed by atoms with E-state index in [4.69, 9.17) is 0 Å². The third-order valence-corrected chi connectivity index (χ3v) is 2.92. The van der Waals surface area contributed by atoms with Gasteiger partial charge in [0.15, 0.2) is 0 Å². The molecule has 1 saturated heterocycles. The van der Waals surface area contributed by atoms with Crippen LogP contribution < -0.4 is 5.32 Å². The summed E-state index contributed by atoms with van der Waals surface area (Å²) < 4.78 is 0. The molecule has 0 aliphatic carbocycles. The quantitative estimate of drug-likeness (QED) is 0.774. The number of hydrogen-bond acceptors (Lipinski definition) is 1. The fraction of sp³-hybridized carbons (Fsp3) is 0.429. The van der Waals surface area contributed by atoms with Crippen LogP contribution in [0.2, 0.25) is 0 Å². The second kappa shape index (κ2) is 5.72. The van der Waals surface area contributed by atoms with Gasteiger partial charge in [-0.1, -0.05) is 55.3 Å². The molecule has 1 nitrogen and oxygen atoms in total. The van der Waals surface area contributed by atoms with Gasteiger partial charge >= 0.3 is 0 Å². The Balaban J connectivity index is 1.92. The maximum absolute atomic E-state index is 3.57. The van der Waals surface area contributed by atoms with Gasteiger partial charge in [-0.25, -0.2) is 0 Å². The molecule has 80 valence electrons. The van der Waals surface area contributed by atoms with Gasteiger partial charge in [-0.15, -0.1) is 0 Å². The summed E-state index contributed by atoms with van der Waals surface area (Å²) in [7, 11) is 0. The van der Waals surface area contributed by atoms with Crippen molar-refractivity contribution >= 4 is 6.08 Å². The first kappa shape index (κ1) is 10.4. The molecule has 0 saturated carbocycles. The van der Waals surface area contributed by atoms with Crippen molar-refractivity contribution in [2.24, 2.45) is 0 Å². The maximum atomic E-state index is 3.57. The second-order valence-corrected chi connectivity index (χ2v) is 4.18. The van der Waals surface area contributed by atoms with Crippen LogP contribution in [-0.2, 0) is 0 Å². The third kappa shape index (κ3) is 3.52. The van der Waals surface area contributed by atoms with E-state index in [0.29, 0.717) is 6.04 Å². The summed E-state index contributed by atoms with van der Waals surface area (Å²) in [5.41, 5.74) is 1.29. The Labute approximate surface area is 92.2 Å². The Morgan fingerprint density at radius 2 is 1.93 bits per heavy atom. The van der Waals surface area contributed by atoms with Crippen LogP contribution >= 0.6 is 0 Å². The van der Waals surface area contributed by atoms with E-state index in [9.17, 15) is 0 Å². The number of nitrogens with one attached hydrogen (secondary N) is 1. The van der Waals surface area contributed by atoms with Crippen molar-refractivity contribution in [3.05, 3.63) is 42.0 Å². The molecule has 0 radical (unpaired) electrons. The van der Waals surface area contributed by atoms with E-state index < -0.39 is 0 Å². The molecular weight excluding hydrogens is 182 g/mol. The topological polar surface area (TPSA) is 12.0 Å². The lowest BCUT2D eigenvalue weighted by Gasteiger charge is -2.09. The fourth-order valence-electron chi connectivity index (χ4n) is 2.01. The third-order valence-electron chi connectivity index (χ3n) is 2.92. The van der Waals surface area contributed by atoms with E-state index in [2.05, 4.69) is 47.8 Å². The lowest BCUT2D eigenvalue weighted by atomic mass is 10.1. The lowest BCUT2D eigenvalue weighted by Crippen LogP contribution is -2.25. The first-order chi connectivity index (χ1) is 7.45. The summed E-state index contributed by atoms with van der Waals surface area (Å²) in [6.07, 6.45) is 9.88. The van der Waals surface area contributed by atoms with Gasteiger partial charge in [0.05, 0.1) is 0 Å². The second-order valence-electron chi connectivity index (χ2n) is 4.18. The maximum Gasteiger partial charge on any atom is 0.0253 e. The molecule has 1 heterocycles. The Hall–Kier alpha value is -1.08. The van der Waals surface area contributed by atoms with Gasteiger partial charge < -0.3 is 5.32 Å². The van der Waals surface area contributed by atoms with E-state index in [1.807, 2.05) is 0 Å². The number of benzene rings is 1. The molecule has 0 unspecified atom stereocenters. The summed E-state index contributed by atoms with van der Waals surface area (Å²) in [6, 6.07) is 11.1. The molecule has 1 fully saturated rings. The van der Waals surface area contributed by atoms with Gasteiger partial charge in [-0.2, -0.15) is 0 Å². The monoisotopic (exact) mass is 201 g/mol. The Kier molecular flexibility index (Phi) is 3.98. The summed E-state index contributed by atoms with van der Waals surface area (Å²) >= 11 is 0. The molecule has 1 aromatic carbocycles. The Morgan fingerprint density at radius 1 is 1.07 bits per heavy atom. The molecule has 1 heteroatoms. The van der Waals surface area contributed by atoms with Gasteiger partial charge in [-0.3, -0.25) is 0 Å². The van der Waals surface area contributed by atoms with E-state index in [1.165, 1.54) is 37.8 Å². The zero-order valence-electron chi connectivity index (χ0n) is 9.15. The van der Waals surface area contributed by atoms with Crippen LogP contribution in [0.4, 0.5) is 0 Å². The molecule has 1 aliphatic rings. The van der Waals surface area contributed by atoms with Crippen LogP contribution in [0.5, 0.6) is 0 Å². The molecule has 15 heavy (non-hydrogen) atoms. The zero-order valence-corrected chi connectivity index (χ0v) is 9.15. The van der Waals surface area contributed by atoms with Crippen molar-refractivity contribution in [1.29, 1.82) is 0 Å². The highest BCUT2D eigenvalue weighted by Gasteiger charge is 2.06. The minimum Gasteiger partial charge on any atom is -0.311 e. The van der Waals surface area contributed by atoms with Crippen molar-refractivity contribution in [3.63, 3.8) is 0 Å². The Bertz CT molecular complexity index is 294. The number of hydrogen-bond donors (Lipinski definition) is 1. The van der Waals surface area contributed by atoms with Crippen LogP contribution in [0, 0.1) is 0 Å². The molecule has 0 amide bonds. The molecule has 1 aliphatic heterocycles. The summed E-state index contributed by atoms with van der Waals surface area (Å²) in [5, 5.41) is 3.57. The average Bonchev–Trinajstić information content (AvgIpc) is 2.56. The van der Waals surface area contributed by atoms with E-state index in [0.717, 1.165) is 0 Å². The highest BCUT2D eigenvalue weighted by Crippen LogP contribution is 2.11. The highest BCUT2D eigenvalue weighted by molar-refractivity contribution is 5.49. The van der Waals surface area contributed by atoms with Gasteiger partial charge in [0.2, 0.25) is 0 Å². The van der Waals surface area contributed by atoms with Crippen molar-refractivity contribution in [2.45, 2.75) is 31.7 Å². The normalized spacial score (nSPS) is 22.8. The smallest absolute Gasteiger partial charge is 0.0253 e. The largest absolute Gasteiger partial charge is 0.311 e. The first-order valence-electron chi connectivity index (χ1n) is 5.92. The van der Waals surface area contributed by atoms with Gasteiger partial charge in [0.25, 0.3) is 0 Å². The summed E-state index contributed by atoms with van der Waals surface area (Å²) in [6.45, 7) is 1.17. The molecule has 0 aromatic heterocycles. The van der Waals surface area contributed by atoms with E-state index >= 15 is 0 Å². The van der Waals surface area contributed by atoms with E-state index in [-0.39, 0.29) is 0 Å². The van der Waals surface area contributed by atoms with Crippen LogP contribution in [0.15, 0.2) is 36.4 Å². The fourth-order valence-corrected chi connectivity index (χ4v) is 2.01. The van der Waals surface area contributed by atoms with E-state index in [1.54, 1.807) is 0 Å². The predicted octanol–water partition coefficient (Wildman–Crippen LogP) is 3.23. The van der Waals surface area contributed by atoms with Crippen molar-refractivity contribution < 1.29 is 0 Å². The Morgan fingerprint density at radius 3 is 2.80 bits per heavy atom. The molecule has 1 N–H and O–H groups in total. The first-order valence-corrected chi connectivity index (χ1v) is 5.92. The van der Waals surface area contributed by atoms with Crippen LogP contribution in [0.1, 0.15) is 31.2 Å². The predicted molar refractivity (Wildman–Crippen MR) is 65.7 cm³/mol. The minimum absolute atomic E-state index is 0.577. The van der Waals surface area contributed by atoms with Crippen LogP contribution in [0.3, 0.4) is 0 Å². The average molecular weight is 201 g/mol. The SMILES string of the molecule is C(=C\[C@@H]1CCCCCN1)/c1ccccc1. The molecule has 1 aromatic rings. The molecule has 0 bridgehead atoms. The summed E-state index contributed by atoms with van der Waals surface area (Å²) in [5.74, 6) is 0. The minimum atomic E-state index is 0.577. The molecule has 1 atom stereocenters. The number of rotatable bonds is 2. The van der Waals surface area contributed by atoms with Gasteiger partial charge in [0, 0.05) is 6.04 Å². The highest BCUT2D eigenvalue weighted by atomic mass is 14.9. The summed E-state index contributed by atoms with van der Waals surface area (Å²) in [4.78, 5) is 0.